The van der Waals surface area contributed by atoms with Gasteiger partial charge >= 0.3 is 0 Å². The topological polar surface area (TPSA) is 12.0 Å². The highest BCUT2D eigenvalue weighted by Crippen LogP contribution is 2.29. The lowest BCUT2D eigenvalue weighted by molar-refractivity contribution is 0.379. The first-order valence-corrected chi connectivity index (χ1v) is 6.12. The lowest BCUT2D eigenvalue weighted by Crippen LogP contribution is -2.27. The first-order valence-electron chi connectivity index (χ1n) is 6.12. The summed E-state index contributed by atoms with van der Waals surface area (Å²) in [5.41, 5.74) is 1.60. The fraction of sp³-hybridized carbons (Fsp3) is 0.846. The van der Waals surface area contributed by atoms with Crippen molar-refractivity contribution in [3.8, 4) is 0 Å². The van der Waals surface area contributed by atoms with E-state index in [1.807, 2.05) is 0 Å². The Kier molecular flexibility index (Phi) is 3.27. The molecule has 1 nitrogen and oxygen atoms in total. The minimum atomic E-state index is 0.802. The zero-order valence-electron chi connectivity index (χ0n) is 9.55. The second-order valence-electron chi connectivity index (χ2n) is 5.40. The summed E-state index contributed by atoms with van der Waals surface area (Å²) in [7, 11) is 0. The van der Waals surface area contributed by atoms with Crippen molar-refractivity contribution in [3.63, 3.8) is 0 Å². The maximum Gasteiger partial charge on any atom is -0.00171 e. The Hall–Kier alpha value is -0.300. The fourth-order valence-electron chi connectivity index (χ4n) is 2.66. The van der Waals surface area contributed by atoms with Gasteiger partial charge in [0.05, 0.1) is 0 Å². The molecule has 2 unspecified atom stereocenters. The molecule has 0 bridgehead atoms. The summed E-state index contributed by atoms with van der Waals surface area (Å²) in [4.78, 5) is 0. The third kappa shape index (κ3) is 3.13. The van der Waals surface area contributed by atoms with Gasteiger partial charge in [-0.15, -0.1) is 0 Å². The molecule has 1 N–H and O–H groups in total. The first kappa shape index (κ1) is 10.2. The van der Waals surface area contributed by atoms with Gasteiger partial charge in [0.25, 0.3) is 0 Å². The van der Waals surface area contributed by atoms with Gasteiger partial charge in [0.1, 0.15) is 0 Å². The highest BCUT2D eigenvalue weighted by Gasteiger charge is 2.22. The third-order valence-electron chi connectivity index (χ3n) is 3.45. The minimum Gasteiger partial charge on any atom is -0.316 e. The van der Waals surface area contributed by atoms with E-state index >= 15 is 0 Å². The predicted molar refractivity (Wildman–Crippen MR) is 61.2 cm³/mol. The van der Waals surface area contributed by atoms with E-state index < -0.39 is 0 Å². The third-order valence-corrected chi connectivity index (χ3v) is 3.45. The number of rotatable bonds is 4. The van der Waals surface area contributed by atoms with Crippen molar-refractivity contribution in [2.24, 2.45) is 17.8 Å². The van der Waals surface area contributed by atoms with Gasteiger partial charge in [0.2, 0.25) is 0 Å². The van der Waals surface area contributed by atoms with Crippen molar-refractivity contribution >= 4 is 0 Å². The monoisotopic (exact) mass is 193 g/mol. The molecule has 2 atom stereocenters. The fourth-order valence-corrected chi connectivity index (χ4v) is 2.66. The number of hydrogen-bond acceptors (Lipinski definition) is 1. The van der Waals surface area contributed by atoms with Crippen LogP contribution in [0.5, 0.6) is 0 Å². The smallest absolute Gasteiger partial charge is 0.00171 e. The molecule has 80 valence electrons. The molecule has 1 fully saturated rings. The molecule has 0 aromatic heterocycles. The quantitative estimate of drug-likeness (QED) is 0.677. The van der Waals surface area contributed by atoms with Crippen LogP contribution in [0.1, 0.15) is 39.5 Å². The minimum absolute atomic E-state index is 0.802. The summed E-state index contributed by atoms with van der Waals surface area (Å²) in [5, 5.41) is 3.63. The molecule has 1 saturated carbocycles. The Balaban J connectivity index is 1.67. The molecule has 2 aliphatic carbocycles. The molecule has 14 heavy (non-hydrogen) atoms. The molecule has 0 amide bonds. The number of nitrogens with one attached hydrogen (secondary N) is 1. The molecule has 2 aliphatic rings. The van der Waals surface area contributed by atoms with Crippen LogP contribution >= 0.6 is 0 Å². The molecule has 0 aliphatic heterocycles. The number of hydrogen-bond donors (Lipinski definition) is 1. The normalized spacial score (nSPS) is 32.9. The van der Waals surface area contributed by atoms with Crippen LogP contribution in [0.15, 0.2) is 11.6 Å². The van der Waals surface area contributed by atoms with Crippen LogP contribution < -0.4 is 5.32 Å². The van der Waals surface area contributed by atoms with Crippen LogP contribution in [0, 0.1) is 17.8 Å². The zero-order chi connectivity index (χ0) is 9.97. The van der Waals surface area contributed by atoms with Crippen molar-refractivity contribution in [2.45, 2.75) is 39.5 Å². The van der Waals surface area contributed by atoms with Gasteiger partial charge in [-0.2, -0.15) is 0 Å². The highest BCUT2D eigenvalue weighted by atomic mass is 14.9. The SMILES string of the molecule is CC1=CC(C)CC(CNCC2CC2)C1. The van der Waals surface area contributed by atoms with E-state index in [-0.39, 0.29) is 0 Å². The molecule has 0 aromatic rings. The molecule has 0 spiro atoms. The lowest BCUT2D eigenvalue weighted by Gasteiger charge is -2.25. The van der Waals surface area contributed by atoms with Crippen LogP contribution in [0.4, 0.5) is 0 Å². The van der Waals surface area contributed by atoms with E-state index in [2.05, 4.69) is 25.2 Å². The van der Waals surface area contributed by atoms with Crippen molar-refractivity contribution in [2.75, 3.05) is 13.1 Å². The van der Waals surface area contributed by atoms with Crippen LogP contribution in [-0.4, -0.2) is 13.1 Å². The Morgan fingerprint density at radius 2 is 2.00 bits per heavy atom. The molecular weight excluding hydrogens is 170 g/mol. The van der Waals surface area contributed by atoms with Gasteiger partial charge in [-0.1, -0.05) is 18.6 Å². The summed E-state index contributed by atoms with van der Waals surface area (Å²) in [6, 6.07) is 0. The lowest BCUT2D eigenvalue weighted by atomic mass is 9.84. The summed E-state index contributed by atoms with van der Waals surface area (Å²) >= 11 is 0. The van der Waals surface area contributed by atoms with Crippen LogP contribution in [0.25, 0.3) is 0 Å². The standard InChI is InChI=1S/C13H23N/c1-10-5-11(2)7-13(6-10)9-14-8-12-3-4-12/h5,10,12-14H,3-4,6-9H2,1-2H3. The van der Waals surface area contributed by atoms with E-state index in [1.165, 1.54) is 38.8 Å². The molecular formula is C13H23N. The molecule has 0 heterocycles. The van der Waals surface area contributed by atoms with E-state index in [0.29, 0.717) is 0 Å². The maximum absolute atomic E-state index is 3.63. The maximum atomic E-state index is 3.63. The molecule has 0 saturated heterocycles. The average molecular weight is 193 g/mol. The van der Waals surface area contributed by atoms with Crippen molar-refractivity contribution < 1.29 is 0 Å². The van der Waals surface area contributed by atoms with Gasteiger partial charge < -0.3 is 5.32 Å². The van der Waals surface area contributed by atoms with E-state index in [4.69, 9.17) is 0 Å². The first-order chi connectivity index (χ1) is 6.74. The van der Waals surface area contributed by atoms with Crippen LogP contribution in [0.3, 0.4) is 0 Å². The Morgan fingerprint density at radius 3 is 2.64 bits per heavy atom. The van der Waals surface area contributed by atoms with Crippen LogP contribution in [-0.2, 0) is 0 Å². The van der Waals surface area contributed by atoms with Gasteiger partial charge in [-0.3, -0.25) is 0 Å². The zero-order valence-corrected chi connectivity index (χ0v) is 9.55. The van der Waals surface area contributed by atoms with Gasteiger partial charge in [-0.25, -0.2) is 0 Å². The molecule has 1 heteroatoms. The van der Waals surface area contributed by atoms with Crippen molar-refractivity contribution in [3.05, 3.63) is 11.6 Å². The Morgan fingerprint density at radius 1 is 1.29 bits per heavy atom. The van der Waals surface area contributed by atoms with E-state index in [0.717, 1.165) is 17.8 Å². The summed E-state index contributed by atoms with van der Waals surface area (Å²) < 4.78 is 0. The molecule has 0 radical (unpaired) electrons. The van der Waals surface area contributed by atoms with Gasteiger partial charge in [0.15, 0.2) is 0 Å². The average Bonchev–Trinajstić information content (AvgIpc) is 2.86. The summed E-state index contributed by atoms with van der Waals surface area (Å²) in [5.74, 6) is 2.72. The summed E-state index contributed by atoms with van der Waals surface area (Å²) in [6.07, 6.45) is 8.08. The number of allylic oxidation sites excluding steroid dienone is 2. The second kappa shape index (κ2) is 4.48. The van der Waals surface area contributed by atoms with E-state index in [9.17, 15) is 0 Å². The highest BCUT2D eigenvalue weighted by molar-refractivity contribution is 5.06. The Labute approximate surface area is 88.0 Å². The van der Waals surface area contributed by atoms with E-state index in [1.54, 1.807) is 5.57 Å². The van der Waals surface area contributed by atoms with Crippen LogP contribution in [0.2, 0.25) is 0 Å². The van der Waals surface area contributed by atoms with Gasteiger partial charge in [-0.05, 0) is 63.5 Å². The predicted octanol–water partition coefficient (Wildman–Crippen LogP) is 2.98. The van der Waals surface area contributed by atoms with Crippen molar-refractivity contribution in [1.82, 2.24) is 5.32 Å². The van der Waals surface area contributed by atoms with Gasteiger partial charge in [0, 0.05) is 0 Å². The largest absolute Gasteiger partial charge is 0.316 e. The molecule has 2 rings (SSSR count). The summed E-state index contributed by atoms with van der Waals surface area (Å²) in [6.45, 7) is 7.14. The van der Waals surface area contributed by atoms with Crippen molar-refractivity contribution in [1.29, 1.82) is 0 Å². The molecule has 0 aromatic carbocycles. The second-order valence-corrected chi connectivity index (χ2v) is 5.40. The Bertz CT molecular complexity index is 215.